The van der Waals surface area contributed by atoms with Crippen LogP contribution in [0.3, 0.4) is 0 Å². The van der Waals surface area contributed by atoms with Gasteiger partial charge < -0.3 is 69.2 Å². The number of methoxy groups -OCH3 is 1. The Kier molecular flexibility index (Phi) is 24.3. The number of nitrogens with zero attached hydrogens (tertiary/aromatic N) is 4. The molecule has 4 aliphatic rings. The summed E-state index contributed by atoms with van der Waals surface area (Å²) in [6.07, 6.45) is 0.711. The highest BCUT2D eigenvalue weighted by molar-refractivity contribution is 6.04. The van der Waals surface area contributed by atoms with E-state index in [4.69, 9.17) is 34.6 Å². The Balaban J connectivity index is 0.000000205. The van der Waals surface area contributed by atoms with Crippen LogP contribution in [0.25, 0.3) is 0 Å². The zero-order chi connectivity index (χ0) is 73.3. The van der Waals surface area contributed by atoms with Crippen molar-refractivity contribution in [1.29, 1.82) is 0 Å². The number of benzene rings is 8. The molecule has 26 nitrogen and oxygen atoms in total. The van der Waals surface area contributed by atoms with Gasteiger partial charge in [-0.3, -0.25) is 19.2 Å². The van der Waals surface area contributed by atoms with E-state index in [1.165, 1.54) is 86.0 Å². The average Bonchev–Trinajstić information content (AvgIpc) is 1.66. The van der Waals surface area contributed by atoms with E-state index in [2.05, 4.69) is 4.74 Å². The number of fused-ring (bicyclic) bond motifs is 4. The van der Waals surface area contributed by atoms with E-state index in [9.17, 15) is 67.7 Å². The molecular weight excluding hydrogens is 1320 g/mol. The molecule has 4 amide bonds. The van der Waals surface area contributed by atoms with Gasteiger partial charge in [0.15, 0.2) is 0 Å². The first kappa shape index (κ1) is 73.6. The average molecular weight is 1390 g/mol. The molecule has 0 radical (unpaired) electrons. The number of hydrogen-bond acceptors (Lipinski definition) is 18. The number of aliphatic hydroxyl groups excluding tert-OH is 2. The molecular formula is C76H68N4O22. The van der Waals surface area contributed by atoms with Gasteiger partial charge in [-0.05, 0) is 148 Å². The minimum absolute atomic E-state index is 0.0833. The van der Waals surface area contributed by atoms with Crippen LogP contribution in [-0.4, -0.2) is 162 Å². The first-order chi connectivity index (χ1) is 49.0. The van der Waals surface area contributed by atoms with Crippen LogP contribution in [0.5, 0.6) is 0 Å². The van der Waals surface area contributed by atoms with Gasteiger partial charge in [0.25, 0.3) is 23.6 Å². The van der Waals surface area contributed by atoms with Gasteiger partial charge in [-0.25, -0.2) is 38.4 Å². The first-order valence-corrected chi connectivity index (χ1v) is 31.8. The minimum Gasteiger partial charge on any atom is -0.478 e. The van der Waals surface area contributed by atoms with E-state index >= 15 is 0 Å². The number of ether oxygens (including phenoxy) is 4. The summed E-state index contributed by atoms with van der Waals surface area (Å²) < 4.78 is 20.3. The molecule has 524 valence electrons. The third kappa shape index (κ3) is 18.2. The minimum atomic E-state index is -1.07. The zero-order valence-electron chi connectivity index (χ0n) is 55.1. The van der Waals surface area contributed by atoms with Crippen molar-refractivity contribution in [3.63, 3.8) is 0 Å². The molecule has 8 aromatic carbocycles. The number of carbonyl (C=O) groups excluding carboxylic acids is 8. The first-order valence-electron chi connectivity index (χ1n) is 31.8. The largest absolute Gasteiger partial charge is 0.478 e. The van der Waals surface area contributed by atoms with Crippen LogP contribution in [0.4, 0.5) is 0 Å². The standard InChI is InChI=1S/C40H36N2O10.C26H20N2O6.C8H6O4.C2H6O2/c1-3-15-50-39(47)29-11-13-31-23-41(35(43)33(31)19-29)21-25-5-4-6-26(18-25)22-42-24-32-14-12-30(20-34(32)36(42)44)40(48)52-17-16-51-38(46)28-9-7-27(8-10-28)37(45)49-2;29-23-21-9-17(25(31)32)4-6-19(21)13-27(23)11-15-2-1-3-16(8-15)12-28-14-20-7-5-18(26(33)34)10-22(20)24(28)30;9-7(10)5-1-2-6(4-3-5)8(11)12;3-1-2-4/h4-14,18-20H,3,15-17,21-24H2,1-2H3;1-10H,11-14H2,(H,31,32)(H,33,34);1-4H,(H,9,10)(H,11,12);3-4H,1-2H2. The molecule has 102 heavy (non-hydrogen) atoms. The highest BCUT2D eigenvalue weighted by Crippen LogP contribution is 2.31. The van der Waals surface area contributed by atoms with Crippen LogP contribution in [0.15, 0.2) is 170 Å². The van der Waals surface area contributed by atoms with Gasteiger partial charge in [0.05, 0.1) is 71.4 Å². The number of aliphatic hydroxyl groups is 2. The number of rotatable bonds is 22. The van der Waals surface area contributed by atoms with Crippen molar-refractivity contribution in [2.75, 3.05) is 40.1 Å². The maximum Gasteiger partial charge on any atom is 0.338 e. The van der Waals surface area contributed by atoms with Gasteiger partial charge in [0.1, 0.15) is 13.2 Å². The molecule has 0 saturated heterocycles. The molecule has 0 unspecified atom stereocenters. The monoisotopic (exact) mass is 1390 g/mol. The van der Waals surface area contributed by atoms with Crippen molar-refractivity contribution < 1.29 is 107 Å². The van der Waals surface area contributed by atoms with Crippen molar-refractivity contribution in [2.45, 2.75) is 65.7 Å². The van der Waals surface area contributed by atoms with Crippen molar-refractivity contribution in [1.82, 2.24) is 19.6 Å². The van der Waals surface area contributed by atoms with E-state index in [0.29, 0.717) is 98.8 Å². The molecule has 0 spiro atoms. The Morgan fingerprint density at radius 2 is 0.588 bits per heavy atom. The summed E-state index contributed by atoms with van der Waals surface area (Å²) in [6.45, 7) is 4.62. The number of carboxylic acid groups (broad SMARTS) is 4. The van der Waals surface area contributed by atoms with Crippen LogP contribution in [-0.2, 0) is 71.3 Å². The lowest BCUT2D eigenvalue weighted by Crippen LogP contribution is -2.24. The van der Waals surface area contributed by atoms with Crippen LogP contribution in [0, 0.1) is 0 Å². The number of aromatic carboxylic acids is 4. The summed E-state index contributed by atoms with van der Waals surface area (Å²) in [7, 11) is 1.26. The Morgan fingerprint density at radius 1 is 0.333 bits per heavy atom. The maximum absolute atomic E-state index is 13.4. The number of carbonyl (C=O) groups is 12. The van der Waals surface area contributed by atoms with Crippen molar-refractivity contribution >= 4 is 71.4 Å². The molecule has 4 heterocycles. The van der Waals surface area contributed by atoms with Gasteiger partial charge in [-0.2, -0.15) is 0 Å². The highest BCUT2D eigenvalue weighted by atomic mass is 16.6. The molecule has 26 heteroatoms. The Hall–Kier alpha value is -12.7. The van der Waals surface area contributed by atoms with E-state index < -0.39 is 47.8 Å². The molecule has 0 bridgehead atoms. The van der Waals surface area contributed by atoms with E-state index in [-0.39, 0.29) is 83.4 Å². The van der Waals surface area contributed by atoms with Gasteiger partial charge in [0, 0.05) is 74.6 Å². The SMILES string of the molecule is CCCOC(=O)c1ccc2c(c1)C(=O)N(Cc1cccc(CN3Cc4ccc(C(=O)OCCOC(=O)c5ccc(C(=O)OC)cc5)cc4C3=O)c1)C2.O=C(O)c1ccc(C(=O)O)cc1.O=C(O)c1ccc2c(c1)C(=O)N(Cc1cccc(CN3Cc4ccc(C(=O)O)cc4C3=O)c1)C2.OCCO. The number of carboxylic acids is 4. The van der Waals surface area contributed by atoms with E-state index in [0.717, 1.165) is 44.5 Å². The van der Waals surface area contributed by atoms with E-state index in [1.54, 1.807) is 62.1 Å². The van der Waals surface area contributed by atoms with Gasteiger partial charge in [-0.15, -0.1) is 0 Å². The normalized spacial score (nSPS) is 12.8. The fourth-order valence-corrected chi connectivity index (χ4v) is 11.3. The summed E-state index contributed by atoms with van der Waals surface area (Å²) in [5, 5.41) is 50.6. The maximum atomic E-state index is 13.4. The zero-order valence-corrected chi connectivity index (χ0v) is 55.1. The second kappa shape index (κ2) is 33.7. The summed E-state index contributed by atoms with van der Waals surface area (Å²) in [5.41, 5.74) is 9.94. The molecule has 0 fully saturated rings. The van der Waals surface area contributed by atoms with Gasteiger partial charge in [-0.1, -0.05) is 79.7 Å². The van der Waals surface area contributed by atoms with E-state index in [1.807, 2.05) is 55.5 Å². The lowest BCUT2D eigenvalue weighted by Gasteiger charge is -2.18. The second-order valence-electron chi connectivity index (χ2n) is 23.5. The van der Waals surface area contributed by atoms with Crippen molar-refractivity contribution in [3.05, 3.63) is 281 Å². The molecule has 6 N–H and O–H groups in total. The molecule has 0 saturated carbocycles. The molecule has 0 aliphatic carbocycles. The third-order valence-corrected chi connectivity index (χ3v) is 16.4. The van der Waals surface area contributed by atoms with Gasteiger partial charge >= 0.3 is 47.8 Å². The Morgan fingerprint density at radius 3 is 0.873 bits per heavy atom. The summed E-state index contributed by atoms with van der Waals surface area (Å²) in [4.78, 5) is 151. The number of esters is 4. The van der Waals surface area contributed by atoms with Crippen LogP contribution in [0.2, 0.25) is 0 Å². The summed E-state index contributed by atoms with van der Waals surface area (Å²) >= 11 is 0. The smallest absolute Gasteiger partial charge is 0.338 e. The number of amides is 4. The van der Waals surface area contributed by atoms with Crippen molar-refractivity contribution in [3.8, 4) is 0 Å². The second-order valence-corrected chi connectivity index (χ2v) is 23.5. The molecule has 0 atom stereocenters. The van der Waals surface area contributed by atoms with Crippen molar-refractivity contribution in [2.24, 2.45) is 0 Å². The summed E-state index contributed by atoms with van der Waals surface area (Å²) in [5.74, 6) is -7.33. The predicted octanol–water partition coefficient (Wildman–Crippen LogP) is 8.81. The summed E-state index contributed by atoms with van der Waals surface area (Å²) in [6, 6.07) is 45.2. The van der Waals surface area contributed by atoms with Crippen LogP contribution >= 0.6 is 0 Å². The lowest BCUT2D eigenvalue weighted by molar-refractivity contribution is 0.0265. The highest BCUT2D eigenvalue weighted by Gasteiger charge is 2.33. The fraction of sp³-hybridized carbons (Fsp3) is 0.211. The molecule has 12 rings (SSSR count). The molecule has 4 aliphatic heterocycles. The fourth-order valence-electron chi connectivity index (χ4n) is 11.3. The van der Waals surface area contributed by atoms with Gasteiger partial charge in [0.2, 0.25) is 0 Å². The number of hydrogen-bond donors (Lipinski definition) is 6. The Labute approximate surface area is 582 Å². The molecule has 8 aromatic rings. The molecule has 0 aromatic heterocycles. The Bertz CT molecular complexity index is 4450. The van der Waals surface area contributed by atoms with Crippen LogP contribution in [0.1, 0.15) is 182 Å². The predicted molar refractivity (Wildman–Crippen MR) is 360 cm³/mol. The quantitative estimate of drug-likeness (QED) is 0.0209. The lowest BCUT2D eigenvalue weighted by atomic mass is 10.1. The topological polar surface area (TPSA) is 376 Å². The van der Waals surface area contributed by atoms with Crippen LogP contribution < -0.4 is 0 Å². The third-order valence-electron chi connectivity index (χ3n) is 16.4.